The third-order valence-electron chi connectivity index (χ3n) is 2.07. The minimum absolute atomic E-state index is 0.315. The molecule has 0 unspecified atom stereocenters. The summed E-state index contributed by atoms with van der Waals surface area (Å²) in [7, 11) is 0. The Morgan fingerprint density at radius 3 is 2.69 bits per heavy atom. The van der Waals surface area contributed by atoms with Crippen molar-refractivity contribution < 1.29 is 0 Å². The van der Waals surface area contributed by atoms with Crippen molar-refractivity contribution in [2.45, 2.75) is 6.92 Å². The number of nitrogens with one attached hydrogen (secondary N) is 1. The fraction of sp³-hybridized carbons (Fsp3) is 0.0833. The standard InChI is InChI=1S/C12H10N4/c1-9-3-2-4-10(7-9)14-12-6-5-11(8-13)15-16-12/h2-7H,1H3,(H,14,16). The van der Waals surface area contributed by atoms with E-state index in [0.717, 1.165) is 5.69 Å². The Kier molecular flexibility index (Phi) is 2.79. The lowest BCUT2D eigenvalue weighted by Crippen LogP contribution is -1.96. The van der Waals surface area contributed by atoms with E-state index in [4.69, 9.17) is 5.26 Å². The van der Waals surface area contributed by atoms with Gasteiger partial charge in [0.2, 0.25) is 0 Å². The molecule has 4 nitrogen and oxygen atoms in total. The van der Waals surface area contributed by atoms with Crippen molar-refractivity contribution in [1.82, 2.24) is 10.2 Å². The van der Waals surface area contributed by atoms with Gasteiger partial charge in [0.1, 0.15) is 6.07 Å². The molecule has 0 saturated carbocycles. The van der Waals surface area contributed by atoms with Crippen LogP contribution in [0.25, 0.3) is 0 Å². The fourth-order valence-electron chi connectivity index (χ4n) is 1.33. The van der Waals surface area contributed by atoms with Crippen molar-refractivity contribution in [3.8, 4) is 6.07 Å². The Morgan fingerprint density at radius 1 is 1.19 bits per heavy atom. The first-order chi connectivity index (χ1) is 7.78. The molecule has 1 N–H and O–H groups in total. The van der Waals surface area contributed by atoms with Gasteiger partial charge in [-0.2, -0.15) is 5.26 Å². The zero-order valence-corrected chi connectivity index (χ0v) is 8.81. The quantitative estimate of drug-likeness (QED) is 0.826. The predicted octanol–water partition coefficient (Wildman–Crippen LogP) is 2.40. The minimum Gasteiger partial charge on any atom is -0.339 e. The molecule has 0 aliphatic heterocycles. The van der Waals surface area contributed by atoms with Gasteiger partial charge in [-0.05, 0) is 36.8 Å². The van der Waals surface area contributed by atoms with E-state index < -0.39 is 0 Å². The van der Waals surface area contributed by atoms with Crippen LogP contribution in [0.15, 0.2) is 36.4 Å². The van der Waals surface area contributed by atoms with Crippen molar-refractivity contribution in [2.24, 2.45) is 0 Å². The summed E-state index contributed by atoms with van der Waals surface area (Å²) in [5.41, 5.74) is 2.44. The molecule has 0 atom stereocenters. The zero-order chi connectivity index (χ0) is 11.4. The lowest BCUT2D eigenvalue weighted by molar-refractivity contribution is 1.01. The molecule has 78 valence electrons. The third-order valence-corrected chi connectivity index (χ3v) is 2.07. The zero-order valence-electron chi connectivity index (χ0n) is 8.81. The van der Waals surface area contributed by atoms with E-state index in [1.54, 1.807) is 12.1 Å². The second-order valence-electron chi connectivity index (χ2n) is 3.41. The average Bonchev–Trinajstić information content (AvgIpc) is 2.30. The van der Waals surface area contributed by atoms with Crippen molar-refractivity contribution in [1.29, 1.82) is 5.26 Å². The summed E-state index contributed by atoms with van der Waals surface area (Å²) in [5, 5.41) is 19.3. The Labute approximate surface area is 93.6 Å². The highest BCUT2D eigenvalue weighted by atomic mass is 15.2. The topological polar surface area (TPSA) is 61.6 Å². The van der Waals surface area contributed by atoms with E-state index in [1.807, 2.05) is 37.3 Å². The van der Waals surface area contributed by atoms with Gasteiger partial charge in [0.25, 0.3) is 0 Å². The van der Waals surface area contributed by atoms with Crippen LogP contribution < -0.4 is 5.32 Å². The number of nitrogens with zero attached hydrogens (tertiary/aromatic N) is 3. The van der Waals surface area contributed by atoms with Gasteiger partial charge in [-0.1, -0.05) is 12.1 Å². The van der Waals surface area contributed by atoms with Gasteiger partial charge in [-0.3, -0.25) is 0 Å². The maximum atomic E-state index is 8.58. The molecular weight excluding hydrogens is 200 g/mol. The van der Waals surface area contributed by atoms with E-state index in [2.05, 4.69) is 15.5 Å². The smallest absolute Gasteiger partial charge is 0.163 e. The molecule has 2 aromatic rings. The third kappa shape index (κ3) is 2.34. The molecule has 0 fully saturated rings. The summed E-state index contributed by atoms with van der Waals surface area (Å²) >= 11 is 0. The molecule has 0 aliphatic rings. The summed E-state index contributed by atoms with van der Waals surface area (Å²) in [6.45, 7) is 2.02. The molecule has 1 heterocycles. The molecule has 0 radical (unpaired) electrons. The summed E-state index contributed by atoms with van der Waals surface area (Å²) in [6, 6.07) is 13.2. The number of rotatable bonds is 2. The Morgan fingerprint density at radius 2 is 2.06 bits per heavy atom. The molecule has 1 aromatic carbocycles. The molecule has 0 spiro atoms. The van der Waals surface area contributed by atoms with Crippen LogP contribution in [-0.4, -0.2) is 10.2 Å². The van der Waals surface area contributed by atoms with Crippen LogP contribution in [-0.2, 0) is 0 Å². The lowest BCUT2D eigenvalue weighted by atomic mass is 10.2. The molecule has 0 amide bonds. The van der Waals surface area contributed by atoms with Crippen molar-refractivity contribution in [3.05, 3.63) is 47.7 Å². The van der Waals surface area contributed by atoms with Gasteiger partial charge in [0.05, 0.1) is 0 Å². The van der Waals surface area contributed by atoms with Crippen LogP contribution >= 0.6 is 0 Å². The van der Waals surface area contributed by atoms with Crippen LogP contribution in [0.3, 0.4) is 0 Å². The van der Waals surface area contributed by atoms with Crippen LogP contribution in [0.2, 0.25) is 0 Å². The summed E-state index contributed by atoms with van der Waals surface area (Å²) < 4.78 is 0. The van der Waals surface area contributed by atoms with Crippen LogP contribution in [0.4, 0.5) is 11.5 Å². The second kappa shape index (κ2) is 4.41. The number of benzene rings is 1. The normalized spacial score (nSPS) is 9.50. The van der Waals surface area contributed by atoms with E-state index in [1.165, 1.54) is 5.56 Å². The maximum Gasteiger partial charge on any atom is 0.163 e. The molecule has 0 aliphatic carbocycles. The van der Waals surface area contributed by atoms with Gasteiger partial charge in [-0.25, -0.2) is 0 Å². The van der Waals surface area contributed by atoms with E-state index in [0.29, 0.717) is 11.5 Å². The first kappa shape index (κ1) is 10.1. The second-order valence-corrected chi connectivity index (χ2v) is 3.41. The number of nitriles is 1. The SMILES string of the molecule is Cc1cccc(Nc2ccc(C#N)nn2)c1. The highest BCUT2D eigenvalue weighted by Gasteiger charge is 1.97. The van der Waals surface area contributed by atoms with Crippen LogP contribution in [0.5, 0.6) is 0 Å². The molecule has 1 aromatic heterocycles. The molecule has 0 bridgehead atoms. The van der Waals surface area contributed by atoms with Gasteiger partial charge in [-0.15, -0.1) is 10.2 Å². The van der Waals surface area contributed by atoms with Gasteiger partial charge < -0.3 is 5.32 Å². The van der Waals surface area contributed by atoms with Gasteiger partial charge >= 0.3 is 0 Å². The average molecular weight is 210 g/mol. The molecule has 2 rings (SSSR count). The van der Waals surface area contributed by atoms with Crippen molar-refractivity contribution in [2.75, 3.05) is 5.32 Å². The monoisotopic (exact) mass is 210 g/mol. The number of hydrogen-bond acceptors (Lipinski definition) is 4. The first-order valence-corrected chi connectivity index (χ1v) is 4.85. The van der Waals surface area contributed by atoms with E-state index in [9.17, 15) is 0 Å². The van der Waals surface area contributed by atoms with Crippen molar-refractivity contribution in [3.63, 3.8) is 0 Å². The van der Waals surface area contributed by atoms with Crippen LogP contribution in [0, 0.1) is 18.3 Å². The molecule has 0 saturated heterocycles. The van der Waals surface area contributed by atoms with Crippen molar-refractivity contribution >= 4 is 11.5 Å². The minimum atomic E-state index is 0.315. The Hall–Kier alpha value is -2.41. The summed E-state index contributed by atoms with van der Waals surface area (Å²) in [5.74, 6) is 0.629. The van der Waals surface area contributed by atoms with Gasteiger partial charge in [0, 0.05) is 5.69 Å². The number of hydrogen-bond donors (Lipinski definition) is 1. The largest absolute Gasteiger partial charge is 0.339 e. The fourth-order valence-corrected chi connectivity index (χ4v) is 1.33. The molecule has 4 heteroatoms. The Balaban J connectivity index is 2.18. The van der Waals surface area contributed by atoms with Crippen LogP contribution in [0.1, 0.15) is 11.3 Å². The maximum absolute atomic E-state index is 8.58. The molecule has 16 heavy (non-hydrogen) atoms. The number of aromatic nitrogens is 2. The summed E-state index contributed by atoms with van der Waals surface area (Å²) in [4.78, 5) is 0. The first-order valence-electron chi connectivity index (χ1n) is 4.85. The lowest BCUT2D eigenvalue weighted by Gasteiger charge is -2.04. The highest BCUT2D eigenvalue weighted by Crippen LogP contribution is 2.14. The Bertz CT molecular complexity index is 525. The predicted molar refractivity (Wildman–Crippen MR) is 61.2 cm³/mol. The number of anilines is 2. The van der Waals surface area contributed by atoms with E-state index >= 15 is 0 Å². The number of aryl methyl sites for hydroxylation is 1. The highest BCUT2D eigenvalue weighted by molar-refractivity contribution is 5.56. The summed E-state index contributed by atoms with van der Waals surface area (Å²) in [6.07, 6.45) is 0. The van der Waals surface area contributed by atoms with E-state index in [-0.39, 0.29) is 0 Å². The van der Waals surface area contributed by atoms with Gasteiger partial charge in [0.15, 0.2) is 11.5 Å². The molecular formula is C12H10N4.